The van der Waals surface area contributed by atoms with Gasteiger partial charge in [0.2, 0.25) is 0 Å². The first kappa shape index (κ1) is 20.1. The number of nitrogens with zero attached hydrogens (tertiary/aromatic N) is 2. The van der Waals surface area contributed by atoms with Crippen molar-refractivity contribution in [3.8, 4) is 16.9 Å². The second kappa shape index (κ2) is 8.65. The highest BCUT2D eigenvalue weighted by atomic mass is 35.5. The number of aromatic nitrogens is 2. The van der Waals surface area contributed by atoms with Crippen molar-refractivity contribution in [2.45, 2.75) is 0 Å². The lowest BCUT2D eigenvalue weighted by atomic mass is 10.1. The molecule has 1 amide bonds. The molecule has 30 heavy (non-hydrogen) atoms. The van der Waals surface area contributed by atoms with E-state index >= 15 is 0 Å². The second-order valence-corrected chi connectivity index (χ2v) is 7.10. The molecule has 0 saturated heterocycles. The molecule has 7 heteroatoms. The fraction of sp³-hybridized carbons (Fsp3) is 0.130. The third-order valence-electron chi connectivity index (χ3n) is 4.74. The number of hydrogen-bond donors (Lipinski definition) is 1. The number of carbonyl (C=O) groups excluding carboxylic acids is 1. The number of methoxy groups -OCH3 is 1. The van der Waals surface area contributed by atoms with Gasteiger partial charge in [-0.25, -0.2) is 9.07 Å². The van der Waals surface area contributed by atoms with Crippen LogP contribution in [0.4, 0.5) is 4.39 Å². The Hall–Kier alpha value is -3.22. The number of ether oxygens (including phenoxy) is 1. The van der Waals surface area contributed by atoms with Crippen molar-refractivity contribution in [3.63, 3.8) is 0 Å². The van der Waals surface area contributed by atoms with Crippen LogP contribution in [0.15, 0.2) is 66.7 Å². The number of fused-ring (bicyclic) bond motifs is 1. The molecule has 0 atom stereocenters. The van der Waals surface area contributed by atoms with Crippen molar-refractivity contribution in [1.82, 2.24) is 15.1 Å². The number of hydrogen-bond acceptors (Lipinski definition) is 3. The van der Waals surface area contributed by atoms with Crippen LogP contribution in [-0.2, 0) is 4.74 Å². The summed E-state index contributed by atoms with van der Waals surface area (Å²) in [4.78, 5) is 12.5. The first-order valence-corrected chi connectivity index (χ1v) is 9.77. The molecule has 0 saturated carbocycles. The molecule has 3 aromatic carbocycles. The maximum atomic E-state index is 13.4. The summed E-state index contributed by atoms with van der Waals surface area (Å²) >= 11 is 6.41. The Labute approximate surface area is 178 Å². The largest absolute Gasteiger partial charge is 0.383 e. The number of carbonyl (C=O) groups is 1. The minimum atomic E-state index is -0.334. The average molecular weight is 424 g/mol. The Morgan fingerprint density at radius 3 is 2.63 bits per heavy atom. The van der Waals surface area contributed by atoms with Gasteiger partial charge in [-0.2, -0.15) is 5.10 Å². The average Bonchev–Trinajstić information content (AvgIpc) is 3.13. The first-order valence-electron chi connectivity index (χ1n) is 9.39. The molecule has 5 nitrogen and oxygen atoms in total. The molecule has 4 aromatic rings. The smallest absolute Gasteiger partial charge is 0.251 e. The van der Waals surface area contributed by atoms with Gasteiger partial charge in [-0.1, -0.05) is 29.8 Å². The molecular weight excluding hydrogens is 405 g/mol. The summed E-state index contributed by atoms with van der Waals surface area (Å²) in [6.45, 7) is 0.841. The van der Waals surface area contributed by atoms with Crippen LogP contribution in [0.1, 0.15) is 10.4 Å². The Balaban J connectivity index is 1.87. The highest BCUT2D eigenvalue weighted by molar-refractivity contribution is 6.33. The molecule has 1 aromatic heterocycles. The topological polar surface area (TPSA) is 56.1 Å². The van der Waals surface area contributed by atoms with Gasteiger partial charge >= 0.3 is 0 Å². The zero-order valence-electron chi connectivity index (χ0n) is 16.2. The highest BCUT2D eigenvalue weighted by Gasteiger charge is 2.17. The van der Waals surface area contributed by atoms with E-state index in [1.807, 2.05) is 24.3 Å². The molecule has 0 aliphatic carbocycles. The number of nitrogens with one attached hydrogen (secondary N) is 1. The SMILES string of the molecule is COCCNC(=O)c1ccc2c(-c3ccccc3Cl)nn(-c3ccc(F)cc3)c2c1. The van der Waals surface area contributed by atoms with E-state index in [9.17, 15) is 9.18 Å². The lowest BCUT2D eigenvalue weighted by Gasteiger charge is -2.07. The first-order chi connectivity index (χ1) is 14.6. The molecule has 0 unspecified atom stereocenters. The molecule has 0 aliphatic rings. The summed E-state index contributed by atoms with van der Waals surface area (Å²) in [5, 5.41) is 8.98. The van der Waals surface area contributed by atoms with E-state index in [4.69, 9.17) is 21.4 Å². The number of rotatable bonds is 6. The van der Waals surface area contributed by atoms with Crippen LogP contribution >= 0.6 is 11.6 Å². The molecule has 0 fully saturated rings. The van der Waals surface area contributed by atoms with Crippen molar-refractivity contribution in [1.29, 1.82) is 0 Å². The van der Waals surface area contributed by atoms with Gasteiger partial charge in [0.1, 0.15) is 11.5 Å². The minimum absolute atomic E-state index is 0.208. The van der Waals surface area contributed by atoms with Crippen molar-refractivity contribution >= 4 is 28.4 Å². The predicted octanol–water partition coefficient (Wildman–Crippen LogP) is 4.86. The van der Waals surface area contributed by atoms with Gasteiger partial charge in [0.15, 0.2) is 0 Å². The predicted molar refractivity (Wildman–Crippen MR) is 116 cm³/mol. The van der Waals surface area contributed by atoms with Gasteiger partial charge in [0.25, 0.3) is 5.91 Å². The summed E-state index contributed by atoms with van der Waals surface area (Å²) in [5.41, 5.74) is 3.36. The summed E-state index contributed by atoms with van der Waals surface area (Å²) in [5.74, 6) is -0.542. The molecule has 1 heterocycles. The van der Waals surface area contributed by atoms with Crippen molar-refractivity contribution in [3.05, 3.63) is 83.1 Å². The zero-order chi connectivity index (χ0) is 21.1. The quantitative estimate of drug-likeness (QED) is 0.450. The number of halogens is 2. The highest BCUT2D eigenvalue weighted by Crippen LogP contribution is 2.34. The molecular formula is C23H19ClFN3O2. The van der Waals surface area contributed by atoms with E-state index in [-0.39, 0.29) is 11.7 Å². The molecule has 4 rings (SSSR count). The normalized spacial score (nSPS) is 11.0. The fourth-order valence-electron chi connectivity index (χ4n) is 3.26. The van der Waals surface area contributed by atoms with Crippen molar-refractivity contribution in [2.75, 3.05) is 20.3 Å². The van der Waals surface area contributed by atoms with Crippen LogP contribution in [0.5, 0.6) is 0 Å². The molecule has 152 valence electrons. The molecule has 0 aliphatic heterocycles. The molecule has 1 N–H and O–H groups in total. The third-order valence-corrected chi connectivity index (χ3v) is 5.06. The lowest BCUT2D eigenvalue weighted by Crippen LogP contribution is -2.26. The van der Waals surface area contributed by atoms with E-state index in [2.05, 4.69) is 5.32 Å². The fourth-order valence-corrected chi connectivity index (χ4v) is 3.48. The van der Waals surface area contributed by atoms with E-state index in [1.165, 1.54) is 12.1 Å². The van der Waals surface area contributed by atoms with E-state index < -0.39 is 0 Å². The monoisotopic (exact) mass is 423 g/mol. The van der Waals surface area contributed by atoms with Crippen LogP contribution in [0.3, 0.4) is 0 Å². The summed E-state index contributed by atoms with van der Waals surface area (Å²) in [6.07, 6.45) is 0. The van der Waals surface area contributed by atoms with Crippen LogP contribution in [0.2, 0.25) is 5.02 Å². The Bertz CT molecular complexity index is 1210. The third kappa shape index (κ3) is 3.92. The number of benzene rings is 3. The van der Waals surface area contributed by atoms with Gasteiger partial charge < -0.3 is 10.1 Å². The maximum absolute atomic E-state index is 13.4. The standard InChI is InChI=1S/C23H19ClFN3O2/c1-30-13-12-26-23(29)15-6-11-19-21(14-15)28(17-9-7-16(25)8-10-17)27-22(19)18-4-2-3-5-20(18)24/h2-11,14H,12-13H2,1H3,(H,26,29). The van der Waals surface area contributed by atoms with Gasteiger partial charge in [0, 0.05) is 30.2 Å². The van der Waals surface area contributed by atoms with Gasteiger partial charge in [-0.15, -0.1) is 0 Å². The van der Waals surface area contributed by atoms with Crippen LogP contribution in [-0.4, -0.2) is 35.9 Å². The summed E-state index contributed by atoms with van der Waals surface area (Å²) < 4.78 is 20.1. The van der Waals surface area contributed by atoms with Crippen molar-refractivity contribution < 1.29 is 13.9 Å². The molecule has 0 bridgehead atoms. The van der Waals surface area contributed by atoms with Gasteiger partial charge in [0.05, 0.1) is 22.8 Å². The Kier molecular flexibility index (Phi) is 5.79. The lowest BCUT2D eigenvalue weighted by molar-refractivity contribution is 0.0937. The van der Waals surface area contributed by atoms with Crippen LogP contribution < -0.4 is 5.32 Å². The minimum Gasteiger partial charge on any atom is -0.383 e. The van der Waals surface area contributed by atoms with E-state index in [0.29, 0.717) is 35.1 Å². The summed E-state index contributed by atoms with van der Waals surface area (Å²) in [7, 11) is 1.58. The summed E-state index contributed by atoms with van der Waals surface area (Å²) in [6, 6.07) is 18.9. The number of amides is 1. The molecule has 0 spiro atoms. The van der Waals surface area contributed by atoms with Crippen LogP contribution in [0.25, 0.3) is 27.8 Å². The van der Waals surface area contributed by atoms with E-state index in [0.717, 1.165) is 16.5 Å². The van der Waals surface area contributed by atoms with Crippen LogP contribution in [0, 0.1) is 5.82 Å². The Morgan fingerprint density at radius 1 is 1.13 bits per heavy atom. The van der Waals surface area contributed by atoms with Gasteiger partial charge in [-0.05, 0) is 48.5 Å². The van der Waals surface area contributed by atoms with Gasteiger partial charge in [-0.3, -0.25) is 4.79 Å². The van der Waals surface area contributed by atoms with Crippen molar-refractivity contribution in [2.24, 2.45) is 0 Å². The Morgan fingerprint density at radius 2 is 1.90 bits per heavy atom. The van der Waals surface area contributed by atoms with E-state index in [1.54, 1.807) is 42.1 Å². The maximum Gasteiger partial charge on any atom is 0.251 e. The second-order valence-electron chi connectivity index (χ2n) is 6.70. The zero-order valence-corrected chi connectivity index (χ0v) is 17.0. The molecule has 0 radical (unpaired) electrons.